The van der Waals surface area contributed by atoms with Crippen LogP contribution in [0.3, 0.4) is 0 Å². The molecular weight excluding hydrogens is 372 g/mol. The van der Waals surface area contributed by atoms with Crippen molar-refractivity contribution in [3.8, 4) is 0 Å². The van der Waals surface area contributed by atoms with Gasteiger partial charge in [0.1, 0.15) is 6.04 Å². The smallest absolute Gasteiger partial charge is 0.329 e. The van der Waals surface area contributed by atoms with Crippen molar-refractivity contribution in [2.45, 2.75) is 32.2 Å². The van der Waals surface area contributed by atoms with Gasteiger partial charge in [-0.2, -0.15) is 0 Å². The van der Waals surface area contributed by atoms with Gasteiger partial charge in [0.15, 0.2) is 6.61 Å². The van der Waals surface area contributed by atoms with E-state index in [0.717, 1.165) is 11.3 Å². The summed E-state index contributed by atoms with van der Waals surface area (Å²) >= 11 is 0. The molecule has 3 amide bonds. The molecule has 1 aliphatic heterocycles. The highest BCUT2D eigenvalue weighted by atomic mass is 16.5. The van der Waals surface area contributed by atoms with E-state index in [0.29, 0.717) is 12.1 Å². The Labute approximate surface area is 168 Å². The molecule has 1 N–H and O–H groups in total. The van der Waals surface area contributed by atoms with Crippen LogP contribution in [0.5, 0.6) is 0 Å². The topological polar surface area (TPSA) is 92.8 Å². The molecule has 3 rings (SSSR count). The highest BCUT2D eigenvalue weighted by molar-refractivity contribution is 6.22. The number of anilines is 1. The van der Waals surface area contributed by atoms with E-state index in [1.54, 1.807) is 48.5 Å². The van der Waals surface area contributed by atoms with Crippen LogP contribution in [0.15, 0.2) is 54.6 Å². The number of hydrogen-bond donors (Lipinski definition) is 1. The van der Waals surface area contributed by atoms with Crippen molar-refractivity contribution < 1.29 is 23.9 Å². The van der Waals surface area contributed by atoms with Gasteiger partial charge in [-0.05, 0) is 30.7 Å². The third-order valence-corrected chi connectivity index (χ3v) is 4.64. The minimum Gasteiger partial charge on any atom is -0.454 e. The van der Waals surface area contributed by atoms with Crippen molar-refractivity contribution in [3.63, 3.8) is 0 Å². The fourth-order valence-electron chi connectivity index (χ4n) is 3.19. The first-order chi connectivity index (χ1) is 14.0. The number of benzene rings is 2. The fourth-order valence-corrected chi connectivity index (χ4v) is 3.19. The second-order valence-electron chi connectivity index (χ2n) is 6.71. The molecular formula is C22H22N2O5. The summed E-state index contributed by atoms with van der Waals surface area (Å²) in [5.74, 6) is -2.30. The minimum absolute atomic E-state index is 0.272. The van der Waals surface area contributed by atoms with Gasteiger partial charge < -0.3 is 10.1 Å². The van der Waals surface area contributed by atoms with Crippen molar-refractivity contribution >= 4 is 29.4 Å². The molecule has 7 nitrogen and oxygen atoms in total. The third-order valence-electron chi connectivity index (χ3n) is 4.64. The first kappa shape index (κ1) is 20.3. The van der Waals surface area contributed by atoms with Gasteiger partial charge in [-0.25, -0.2) is 4.79 Å². The van der Waals surface area contributed by atoms with E-state index in [2.05, 4.69) is 5.32 Å². The molecule has 0 bridgehead atoms. The molecule has 2 aromatic rings. The molecule has 1 heterocycles. The molecule has 0 saturated carbocycles. The number of nitrogens with one attached hydrogen (secondary N) is 1. The normalized spacial score (nSPS) is 13.8. The summed E-state index contributed by atoms with van der Waals surface area (Å²) in [6, 6.07) is 14.2. The maximum Gasteiger partial charge on any atom is 0.329 e. The minimum atomic E-state index is -1.06. The van der Waals surface area contributed by atoms with Gasteiger partial charge in [0.05, 0.1) is 11.1 Å². The molecule has 0 radical (unpaired) electrons. The Balaban J connectivity index is 1.68. The maximum absolute atomic E-state index is 12.7. The molecule has 1 aliphatic rings. The van der Waals surface area contributed by atoms with Crippen molar-refractivity contribution in [2.24, 2.45) is 0 Å². The number of hydrogen-bond acceptors (Lipinski definition) is 5. The fraction of sp³-hybridized carbons (Fsp3) is 0.273. The summed E-state index contributed by atoms with van der Waals surface area (Å²) in [5, 5.41) is 2.62. The van der Waals surface area contributed by atoms with Gasteiger partial charge in [-0.1, -0.05) is 50.1 Å². The lowest BCUT2D eigenvalue weighted by Crippen LogP contribution is -2.46. The largest absolute Gasteiger partial charge is 0.454 e. The summed E-state index contributed by atoms with van der Waals surface area (Å²) in [6.45, 7) is 1.44. The van der Waals surface area contributed by atoms with E-state index < -0.39 is 36.3 Å². The average molecular weight is 394 g/mol. The van der Waals surface area contributed by atoms with Crippen LogP contribution in [0.4, 0.5) is 5.69 Å². The van der Waals surface area contributed by atoms with E-state index >= 15 is 0 Å². The summed E-state index contributed by atoms with van der Waals surface area (Å²) in [7, 11) is 0. The quantitative estimate of drug-likeness (QED) is 0.549. The number of imide groups is 1. The van der Waals surface area contributed by atoms with Crippen LogP contribution in [0, 0.1) is 0 Å². The van der Waals surface area contributed by atoms with Crippen LogP contribution in [0.2, 0.25) is 0 Å². The molecule has 7 heteroatoms. The lowest BCUT2D eigenvalue weighted by Gasteiger charge is -2.24. The van der Waals surface area contributed by atoms with Crippen LogP contribution in [-0.4, -0.2) is 41.2 Å². The van der Waals surface area contributed by atoms with Crippen LogP contribution in [0.1, 0.15) is 46.9 Å². The summed E-state index contributed by atoms with van der Waals surface area (Å²) < 4.78 is 5.15. The zero-order chi connectivity index (χ0) is 20.8. The van der Waals surface area contributed by atoms with Crippen molar-refractivity contribution in [3.05, 3.63) is 65.7 Å². The van der Waals surface area contributed by atoms with Gasteiger partial charge in [0, 0.05) is 5.69 Å². The predicted octanol–water partition coefficient (Wildman–Crippen LogP) is 3.02. The van der Waals surface area contributed by atoms with E-state index in [9.17, 15) is 19.2 Å². The van der Waals surface area contributed by atoms with E-state index in [-0.39, 0.29) is 17.5 Å². The van der Waals surface area contributed by atoms with Gasteiger partial charge in [0.2, 0.25) is 0 Å². The molecule has 0 unspecified atom stereocenters. The summed E-state index contributed by atoms with van der Waals surface area (Å²) in [4.78, 5) is 51.1. The monoisotopic (exact) mass is 394 g/mol. The highest BCUT2D eigenvalue weighted by Gasteiger charge is 2.43. The Bertz CT molecular complexity index is 891. The standard InChI is InChI=1S/C22H22N2O5/c1-2-3-13-18(24-20(26)16-11-7-8-12-17(16)21(24)27)22(28)29-14-19(25)23-15-9-5-4-6-10-15/h4-12,18H,2-3,13-14H2,1H3,(H,23,25)/t18-/m0/s1. The van der Waals surface area contributed by atoms with Gasteiger partial charge in [-0.15, -0.1) is 0 Å². The number of amides is 3. The molecule has 150 valence electrons. The first-order valence-electron chi connectivity index (χ1n) is 9.51. The first-order valence-corrected chi connectivity index (χ1v) is 9.51. The third kappa shape index (κ3) is 4.51. The number of unbranched alkanes of at least 4 members (excludes halogenated alkanes) is 1. The number of carbonyl (C=O) groups excluding carboxylic acids is 4. The molecule has 2 aromatic carbocycles. The van der Waals surface area contributed by atoms with Crippen LogP contribution >= 0.6 is 0 Å². The second-order valence-corrected chi connectivity index (χ2v) is 6.71. The maximum atomic E-state index is 12.7. The second kappa shape index (κ2) is 9.14. The Kier molecular flexibility index (Phi) is 6.39. The number of fused-ring (bicyclic) bond motifs is 1. The highest BCUT2D eigenvalue weighted by Crippen LogP contribution is 2.26. The molecule has 0 spiro atoms. The number of para-hydroxylation sites is 1. The number of ether oxygens (including phenoxy) is 1. The zero-order valence-corrected chi connectivity index (χ0v) is 16.1. The lowest BCUT2D eigenvalue weighted by molar-refractivity contribution is -0.151. The van der Waals surface area contributed by atoms with Gasteiger partial charge >= 0.3 is 5.97 Å². The van der Waals surface area contributed by atoms with E-state index in [1.165, 1.54) is 0 Å². The number of nitrogens with zero attached hydrogens (tertiary/aromatic N) is 1. The lowest BCUT2D eigenvalue weighted by atomic mass is 10.1. The van der Waals surface area contributed by atoms with Gasteiger partial charge in [0.25, 0.3) is 17.7 Å². The molecule has 29 heavy (non-hydrogen) atoms. The van der Waals surface area contributed by atoms with E-state index in [1.807, 2.05) is 13.0 Å². The van der Waals surface area contributed by atoms with Crippen LogP contribution in [0.25, 0.3) is 0 Å². The number of esters is 1. The summed E-state index contributed by atoms with van der Waals surface area (Å²) in [6.07, 6.45) is 1.69. The summed E-state index contributed by atoms with van der Waals surface area (Å²) in [5.41, 5.74) is 1.12. The molecule has 0 fully saturated rings. The molecule has 0 saturated heterocycles. The van der Waals surface area contributed by atoms with Gasteiger partial charge in [-0.3, -0.25) is 19.3 Å². The predicted molar refractivity (Wildman–Crippen MR) is 106 cm³/mol. The Morgan fingerprint density at radius 1 is 0.966 bits per heavy atom. The number of rotatable bonds is 8. The molecule has 0 aliphatic carbocycles. The average Bonchev–Trinajstić information content (AvgIpc) is 2.99. The Morgan fingerprint density at radius 3 is 2.14 bits per heavy atom. The SMILES string of the molecule is CCCC[C@@H](C(=O)OCC(=O)Nc1ccccc1)N1C(=O)c2ccccc2C1=O. The number of carbonyl (C=O) groups is 4. The van der Waals surface area contributed by atoms with Crippen LogP contribution < -0.4 is 5.32 Å². The molecule has 1 atom stereocenters. The Morgan fingerprint density at radius 2 is 1.55 bits per heavy atom. The Hall–Kier alpha value is -3.48. The zero-order valence-electron chi connectivity index (χ0n) is 16.1. The van der Waals surface area contributed by atoms with Crippen LogP contribution in [-0.2, 0) is 14.3 Å². The van der Waals surface area contributed by atoms with Crippen molar-refractivity contribution in [1.82, 2.24) is 4.90 Å². The molecule has 0 aromatic heterocycles. The van der Waals surface area contributed by atoms with E-state index in [4.69, 9.17) is 4.74 Å². The van der Waals surface area contributed by atoms with Crippen molar-refractivity contribution in [2.75, 3.05) is 11.9 Å². The van der Waals surface area contributed by atoms with Crippen molar-refractivity contribution in [1.29, 1.82) is 0 Å².